The van der Waals surface area contributed by atoms with Crippen molar-refractivity contribution < 1.29 is 23.8 Å². The molecule has 1 rings (SSSR count). The van der Waals surface area contributed by atoms with Gasteiger partial charge in [0.25, 0.3) is 10.9 Å². The van der Waals surface area contributed by atoms with E-state index < -0.39 is 17.0 Å². The normalized spacial score (nSPS) is 12.5. The molecule has 0 bridgehead atoms. The molecule has 0 fully saturated rings. The highest BCUT2D eigenvalue weighted by Gasteiger charge is 2.19. The molecule has 0 heterocycles. The van der Waals surface area contributed by atoms with Crippen LogP contribution < -0.4 is 21.5 Å². The number of nitrogens with zero attached hydrogens (tertiary/aromatic N) is 1. The maximum Gasteiger partial charge on any atom is 0.508 e. The van der Waals surface area contributed by atoms with Gasteiger partial charge in [-0.3, -0.25) is 14.4 Å². The number of hydrogen-bond acceptors (Lipinski definition) is 10. The van der Waals surface area contributed by atoms with Gasteiger partial charge in [-0.1, -0.05) is 188 Å². The van der Waals surface area contributed by atoms with Crippen LogP contribution in [-0.2, 0) is 19.0 Å². The molecule has 0 spiro atoms. The molecule has 0 aromatic heterocycles. The Morgan fingerprint density at radius 3 is 1.49 bits per heavy atom. The summed E-state index contributed by atoms with van der Waals surface area (Å²) < 4.78 is 17.0. The summed E-state index contributed by atoms with van der Waals surface area (Å²) in [5.74, 6) is 0.473. The van der Waals surface area contributed by atoms with Gasteiger partial charge in [0.1, 0.15) is 17.5 Å². The quantitative estimate of drug-likeness (QED) is 0.0371. The topological polar surface area (TPSA) is 123 Å². The third-order valence-corrected chi connectivity index (χ3v) is 13.4. The first-order valence-corrected chi connectivity index (χ1v) is 27.8. The fraction of sp³-hybridized carbons (Fsp3) is 0.891. The van der Waals surface area contributed by atoms with Crippen molar-refractivity contribution in [2.75, 3.05) is 57.1 Å². The van der Waals surface area contributed by atoms with Crippen LogP contribution in [0.3, 0.4) is 0 Å². The van der Waals surface area contributed by atoms with Gasteiger partial charge in [0.15, 0.2) is 0 Å². The number of anilines is 2. The Bertz CT molecular complexity index is 1310. The van der Waals surface area contributed by atoms with Crippen LogP contribution in [0.2, 0.25) is 0 Å². The Balaban J connectivity index is 2.31. The molecular weight excluding hydrogens is 815 g/mol. The predicted molar refractivity (Wildman–Crippen MR) is 275 cm³/mol. The molecule has 65 heavy (non-hydrogen) atoms. The third kappa shape index (κ3) is 33.5. The molecule has 380 valence electrons. The van der Waals surface area contributed by atoms with Crippen LogP contribution >= 0.6 is 0 Å². The smallest absolute Gasteiger partial charge is 0.465 e. The Kier molecular flexibility index (Phi) is 40.8. The molecule has 0 aliphatic heterocycles. The lowest BCUT2D eigenvalue weighted by atomic mass is 9.99. The van der Waals surface area contributed by atoms with Crippen LogP contribution in [0.5, 0.6) is 0 Å². The molecule has 10 nitrogen and oxygen atoms in total. The van der Waals surface area contributed by atoms with Gasteiger partial charge in [-0.2, -0.15) is 0 Å². The van der Waals surface area contributed by atoms with Gasteiger partial charge in [-0.15, -0.1) is 0 Å². The Morgan fingerprint density at radius 1 is 0.508 bits per heavy atom. The summed E-state index contributed by atoms with van der Waals surface area (Å²) in [6.45, 7) is 13.7. The zero-order valence-electron chi connectivity index (χ0n) is 43.2. The fourth-order valence-corrected chi connectivity index (χ4v) is 8.90. The maximum atomic E-state index is 12.6. The molecular formula is C55H103N3O7. The summed E-state index contributed by atoms with van der Waals surface area (Å²) in [7, 11) is 1.68. The van der Waals surface area contributed by atoms with Gasteiger partial charge >= 0.3 is 12.1 Å². The van der Waals surface area contributed by atoms with Crippen LogP contribution in [0.25, 0.3) is 0 Å². The van der Waals surface area contributed by atoms with Crippen molar-refractivity contribution in [3.63, 3.8) is 0 Å². The molecule has 0 saturated heterocycles. The first kappa shape index (κ1) is 60.4. The number of esters is 1. The summed E-state index contributed by atoms with van der Waals surface area (Å²) in [4.78, 5) is 51.2. The molecule has 2 unspecified atom stereocenters. The third-order valence-electron chi connectivity index (χ3n) is 13.4. The zero-order chi connectivity index (χ0) is 47.4. The average molecular weight is 918 g/mol. The van der Waals surface area contributed by atoms with Crippen molar-refractivity contribution >= 4 is 23.5 Å². The fourth-order valence-electron chi connectivity index (χ4n) is 8.90. The van der Waals surface area contributed by atoms with Crippen molar-refractivity contribution in [3.8, 4) is 0 Å². The number of carbonyl (C=O) groups is 2. The average Bonchev–Trinajstić information content (AvgIpc) is 3.31. The minimum atomic E-state index is -0.485. The molecule has 0 aliphatic rings. The van der Waals surface area contributed by atoms with E-state index in [1.54, 1.807) is 7.05 Å². The number of ether oxygens (including phenoxy) is 3. The van der Waals surface area contributed by atoms with E-state index in [1.165, 1.54) is 148 Å². The maximum absolute atomic E-state index is 12.6. The van der Waals surface area contributed by atoms with Crippen molar-refractivity contribution in [3.05, 3.63) is 20.4 Å². The number of carbonyl (C=O) groups excluding carboxylic acids is 2. The van der Waals surface area contributed by atoms with E-state index in [9.17, 15) is 19.2 Å². The van der Waals surface area contributed by atoms with E-state index in [0.29, 0.717) is 43.5 Å². The van der Waals surface area contributed by atoms with E-state index in [1.807, 2.05) is 0 Å². The van der Waals surface area contributed by atoms with Gasteiger partial charge in [0, 0.05) is 20.0 Å². The van der Waals surface area contributed by atoms with Gasteiger partial charge in [-0.25, -0.2) is 4.79 Å². The minimum Gasteiger partial charge on any atom is -0.465 e. The second-order valence-corrected chi connectivity index (χ2v) is 19.2. The van der Waals surface area contributed by atoms with Crippen LogP contribution in [0, 0.1) is 5.92 Å². The molecule has 2 N–H and O–H groups in total. The first-order valence-electron chi connectivity index (χ1n) is 27.8. The summed E-state index contributed by atoms with van der Waals surface area (Å²) in [5, 5.41) is 6.03. The SMILES string of the molecule is CCCCCCCCCCCC(CCCCCC)OC(=O)OCCCCCCCCN(CCCCCCCCCC(=O)OCC(CC)CCCCCC)CCCNc1c(NC)c(=O)c1=O. The van der Waals surface area contributed by atoms with Crippen molar-refractivity contribution in [1.82, 2.24) is 4.90 Å². The summed E-state index contributed by atoms with van der Waals surface area (Å²) in [6.07, 6.45) is 41.1. The number of hydrogen-bond donors (Lipinski definition) is 2. The monoisotopic (exact) mass is 918 g/mol. The molecule has 0 radical (unpaired) electrons. The lowest BCUT2D eigenvalue weighted by Crippen LogP contribution is -2.37. The van der Waals surface area contributed by atoms with Crippen LogP contribution in [0.15, 0.2) is 9.59 Å². The molecule has 2 atom stereocenters. The molecule has 0 aliphatic carbocycles. The van der Waals surface area contributed by atoms with Gasteiger partial charge in [0.05, 0.1) is 13.2 Å². The van der Waals surface area contributed by atoms with E-state index in [4.69, 9.17) is 14.2 Å². The van der Waals surface area contributed by atoms with Crippen molar-refractivity contribution in [1.29, 1.82) is 0 Å². The zero-order valence-corrected chi connectivity index (χ0v) is 43.2. The Hall–Kier alpha value is -2.62. The second-order valence-electron chi connectivity index (χ2n) is 19.2. The summed E-state index contributed by atoms with van der Waals surface area (Å²) in [5.41, 5.74) is -0.0386. The van der Waals surface area contributed by atoms with Crippen LogP contribution in [0.4, 0.5) is 16.2 Å². The highest BCUT2D eigenvalue weighted by Crippen LogP contribution is 2.19. The predicted octanol–water partition coefficient (Wildman–Crippen LogP) is 14.8. The molecule has 0 amide bonds. The lowest BCUT2D eigenvalue weighted by Gasteiger charge is -2.23. The standard InChI is InChI=1S/C55H103N3O7/c1-6-10-13-16-17-18-20-25-32-40-49(39-31-15-12-8-3)65-55(62)63-46-36-29-24-23-28-35-44-58(45-37-42-57-52-51(56-5)53(60)54(52)61)43-34-27-22-19-21-26-33-41-50(59)64-47-48(9-4)38-30-14-11-7-2/h48-49,56-57H,6-47H2,1-5H3. The second kappa shape index (κ2) is 43.9. The van der Waals surface area contributed by atoms with Gasteiger partial charge in [-0.05, 0) is 89.8 Å². The van der Waals surface area contributed by atoms with Crippen molar-refractivity contribution in [2.24, 2.45) is 5.92 Å². The number of nitrogens with one attached hydrogen (secondary N) is 2. The molecule has 1 aromatic carbocycles. The first-order chi connectivity index (χ1) is 31.8. The summed E-state index contributed by atoms with van der Waals surface area (Å²) >= 11 is 0. The van der Waals surface area contributed by atoms with Gasteiger partial charge in [0.2, 0.25) is 0 Å². The number of unbranched alkanes of at least 4 members (excludes halogenated alkanes) is 25. The van der Waals surface area contributed by atoms with Crippen LogP contribution in [-0.4, -0.2) is 69.6 Å². The van der Waals surface area contributed by atoms with E-state index in [0.717, 1.165) is 96.7 Å². The van der Waals surface area contributed by atoms with Gasteiger partial charge < -0.3 is 29.7 Å². The molecule has 10 heteroatoms. The van der Waals surface area contributed by atoms with Crippen LogP contribution in [0.1, 0.15) is 259 Å². The summed E-state index contributed by atoms with van der Waals surface area (Å²) in [6, 6.07) is 0. The Morgan fingerprint density at radius 2 is 0.954 bits per heavy atom. The van der Waals surface area contributed by atoms with E-state index in [2.05, 4.69) is 43.2 Å². The lowest BCUT2D eigenvalue weighted by molar-refractivity contribution is -0.145. The van der Waals surface area contributed by atoms with Crippen molar-refractivity contribution in [2.45, 2.75) is 265 Å². The molecule has 1 aromatic rings. The Labute approximate surface area is 399 Å². The minimum absolute atomic E-state index is 0.0192. The van der Waals surface area contributed by atoms with E-state index in [-0.39, 0.29) is 12.1 Å². The highest BCUT2D eigenvalue weighted by atomic mass is 16.7. The number of rotatable bonds is 49. The molecule has 0 saturated carbocycles. The highest BCUT2D eigenvalue weighted by molar-refractivity contribution is 5.73. The van der Waals surface area contributed by atoms with E-state index >= 15 is 0 Å². The largest absolute Gasteiger partial charge is 0.508 e.